The molecule has 3 nitrogen and oxygen atoms in total. The summed E-state index contributed by atoms with van der Waals surface area (Å²) >= 11 is 0. The number of hydrogen-bond acceptors (Lipinski definition) is 2. The van der Waals surface area contributed by atoms with Crippen LogP contribution in [0.4, 0.5) is 0 Å². The average Bonchev–Trinajstić information content (AvgIpc) is 2.91. The van der Waals surface area contributed by atoms with Crippen molar-refractivity contribution in [1.29, 1.82) is 0 Å². The van der Waals surface area contributed by atoms with Crippen molar-refractivity contribution in [2.75, 3.05) is 13.6 Å². The molecule has 0 aliphatic heterocycles. The quantitative estimate of drug-likeness (QED) is 0.731. The van der Waals surface area contributed by atoms with E-state index in [4.69, 9.17) is 0 Å². The summed E-state index contributed by atoms with van der Waals surface area (Å²) in [6.45, 7) is 0.539. The zero-order chi connectivity index (χ0) is 9.97. The third-order valence-corrected chi connectivity index (χ3v) is 3.39. The van der Waals surface area contributed by atoms with Crippen molar-refractivity contribution < 1.29 is 4.79 Å². The van der Waals surface area contributed by atoms with Gasteiger partial charge in [0.05, 0.1) is 6.54 Å². The summed E-state index contributed by atoms with van der Waals surface area (Å²) in [6, 6.07) is 1.15. The Morgan fingerprint density at radius 3 is 2.50 bits per heavy atom. The van der Waals surface area contributed by atoms with Gasteiger partial charge in [0.25, 0.3) is 0 Å². The molecule has 80 valence electrons. The number of likely N-dealkylation sites (N-methyl/N-ethyl adjacent to an activating group) is 1. The number of carbonyl (C=O) groups is 1. The number of rotatable bonds is 4. The minimum absolute atomic E-state index is 0.263. The predicted molar refractivity (Wildman–Crippen MR) is 56.1 cm³/mol. The van der Waals surface area contributed by atoms with Gasteiger partial charge in [0.1, 0.15) is 0 Å². The lowest BCUT2D eigenvalue weighted by molar-refractivity contribution is -0.129. The molecular formula is C11H20N2O. The minimum atomic E-state index is 0.263. The Kier molecular flexibility index (Phi) is 3.06. The third kappa shape index (κ3) is 2.47. The summed E-state index contributed by atoms with van der Waals surface area (Å²) in [4.78, 5) is 13.5. The first-order chi connectivity index (χ1) is 6.77. The van der Waals surface area contributed by atoms with Crippen LogP contribution in [0.3, 0.4) is 0 Å². The normalized spacial score (nSPS) is 22.6. The number of hydrogen-bond donors (Lipinski definition) is 1. The monoisotopic (exact) mass is 196 g/mol. The fourth-order valence-corrected chi connectivity index (χ4v) is 2.15. The van der Waals surface area contributed by atoms with E-state index in [-0.39, 0.29) is 5.91 Å². The largest absolute Gasteiger partial charge is 0.342 e. The first-order valence-corrected chi connectivity index (χ1v) is 5.76. The van der Waals surface area contributed by atoms with E-state index in [2.05, 4.69) is 5.32 Å². The van der Waals surface area contributed by atoms with E-state index in [0.717, 1.165) is 0 Å². The van der Waals surface area contributed by atoms with Gasteiger partial charge in [-0.1, -0.05) is 12.8 Å². The molecule has 3 heteroatoms. The van der Waals surface area contributed by atoms with Crippen molar-refractivity contribution in [1.82, 2.24) is 10.2 Å². The zero-order valence-corrected chi connectivity index (χ0v) is 8.96. The van der Waals surface area contributed by atoms with Crippen LogP contribution in [0.2, 0.25) is 0 Å². The van der Waals surface area contributed by atoms with Gasteiger partial charge in [0.2, 0.25) is 5.91 Å². The van der Waals surface area contributed by atoms with Gasteiger partial charge in [0.15, 0.2) is 0 Å². The van der Waals surface area contributed by atoms with Gasteiger partial charge in [-0.15, -0.1) is 0 Å². The highest BCUT2D eigenvalue weighted by atomic mass is 16.2. The van der Waals surface area contributed by atoms with Crippen molar-refractivity contribution in [2.45, 2.75) is 50.6 Å². The maximum Gasteiger partial charge on any atom is 0.236 e. The molecule has 0 saturated heterocycles. The molecule has 0 unspecified atom stereocenters. The maximum atomic E-state index is 11.6. The molecule has 2 aliphatic carbocycles. The first-order valence-electron chi connectivity index (χ1n) is 5.76. The highest BCUT2D eigenvalue weighted by Gasteiger charge is 2.29. The van der Waals surface area contributed by atoms with Crippen molar-refractivity contribution in [3.63, 3.8) is 0 Å². The molecule has 2 saturated carbocycles. The second-order valence-corrected chi connectivity index (χ2v) is 4.60. The van der Waals surface area contributed by atoms with Crippen molar-refractivity contribution >= 4 is 5.91 Å². The van der Waals surface area contributed by atoms with Gasteiger partial charge in [-0.25, -0.2) is 0 Å². The Balaban J connectivity index is 1.65. The van der Waals surface area contributed by atoms with Crippen LogP contribution in [0.5, 0.6) is 0 Å². The molecule has 1 N–H and O–H groups in total. The Morgan fingerprint density at radius 1 is 1.29 bits per heavy atom. The van der Waals surface area contributed by atoms with E-state index < -0.39 is 0 Å². The van der Waals surface area contributed by atoms with Crippen molar-refractivity contribution in [3.8, 4) is 0 Å². The summed E-state index contributed by atoms with van der Waals surface area (Å²) in [5, 5.41) is 3.35. The van der Waals surface area contributed by atoms with Gasteiger partial charge in [0, 0.05) is 19.1 Å². The molecule has 0 bridgehead atoms. The van der Waals surface area contributed by atoms with E-state index >= 15 is 0 Å². The second kappa shape index (κ2) is 4.30. The van der Waals surface area contributed by atoms with Gasteiger partial charge < -0.3 is 10.2 Å². The Labute approximate surface area is 85.8 Å². The van der Waals surface area contributed by atoms with Crippen LogP contribution in [0.15, 0.2) is 0 Å². The summed E-state index contributed by atoms with van der Waals surface area (Å²) in [6.07, 6.45) is 7.55. The predicted octanol–water partition coefficient (Wildman–Crippen LogP) is 1.14. The van der Waals surface area contributed by atoms with Gasteiger partial charge in [-0.2, -0.15) is 0 Å². The van der Waals surface area contributed by atoms with Crippen LogP contribution in [0, 0.1) is 0 Å². The highest BCUT2D eigenvalue weighted by molar-refractivity contribution is 5.78. The van der Waals surface area contributed by atoms with Crippen LogP contribution in [-0.2, 0) is 4.79 Å². The molecule has 0 aromatic heterocycles. The third-order valence-electron chi connectivity index (χ3n) is 3.39. The van der Waals surface area contributed by atoms with Crippen LogP contribution in [0.25, 0.3) is 0 Å². The minimum Gasteiger partial charge on any atom is -0.342 e. The summed E-state index contributed by atoms with van der Waals surface area (Å²) in [5.41, 5.74) is 0. The van der Waals surface area contributed by atoms with Gasteiger partial charge in [-0.3, -0.25) is 4.79 Å². The molecule has 14 heavy (non-hydrogen) atoms. The zero-order valence-electron chi connectivity index (χ0n) is 8.96. The molecular weight excluding hydrogens is 176 g/mol. The lowest BCUT2D eigenvalue weighted by atomic mass is 10.2. The second-order valence-electron chi connectivity index (χ2n) is 4.60. The van der Waals surface area contributed by atoms with E-state index in [1.54, 1.807) is 0 Å². The number of nitrogens with zero attached hydrogens (tertiary/aromatic N) is 1. The smallest absolute Gasteiger partial charge is 0.236 e. The van der Waals surface area contributed by atoms with Crippen molar-refractivity contribution in [2.24, 2.45) is 0 Å². The molecule has 0 spiro atoms. The first kappa shape index (κ1) is 9.97. The highest BCUT2D eigenvalue weighted by Crippen LogP contribution is 2.25. The average molecular weight is 196 g/mol. The fraction of sp³-hybridized carbons (Fsp3) is 0.909. The van der Waals surface area contributed by atoms with E-state index in [1.807, 2.05) is 11.9 Å². The van der Waals surface area contributed by atoms with Crippen LogP contribution < -0.4 is 5.32 Å². The van der Waals surface area contributed by atoms with E-state index in [0.29, 0.717) is 18.6 Å². The van der Waals surface area contributed by atoms with Crippen LogP contribution >= 0.6 is 0 Å². The maximum absolute atomic E-state index is 11.6. The molecule has 0 radical (unpaired) electrons. The molecule has 0 heterocycles. The summed E-state index contributed by atoms with van der Waals surface area (Å²) < 4.78 is 0. The standard InChI is InChI=1S/C11H20N2O/c1-13(10-6-7-10)11(14)8-12-9-4-2-3-5-9/h9-10,12H,2-8H2,1H3. The number of nitrogens with one attached hydrogen (secondary N) is 1. The van der Waals surface area contributed by atoms with Gasteiger partial charge >= 0.3 is 0 Å². The topological polar surface area (TPSA) is 32.3 Å². The molecule has 1 amide bonds. The van der Waals surface area contributed by atoms with Crippen LogP contribution in [-0.4, -0.2) is 36.5 Å². The van der Waals surface area contributed by atoms with Gasteiger partial charge in [-0.05, 0) is 25.7 Å². The number of amides is 1. The SMILES string of the molecule is CN(C(=O)CNC1CCCC1)C1CC1. The fourth-order valence-electron chi connectivity index (χ4n) is 2.15. The molecule has 0 aromatic carbocycles. The Morgan fingerprint density at radius 2 is 1.93 bits per heavy atom. The van der Waals surface area contributed by atoms with Crippen LogP contribution in [0.1, 0.15) is 38.5 Å². The Hall–Kier alpha value is -0.570. The lowest BCUT2D eigenvalue weighted by Crippen LogP contribution is -2.40. The molecule has 0 atom stereocenters. The summed E-state index contributed by atoms with van der Waals surface area (Å²) in [5.74, 6) is 0.263. The van der Waals surface area contributed by atoms with E-state index in [9.17, 15) is 4.79 Å². The van der Waals surface area contributed by atoms with E-state index in [1.165, 1.54) is 38.5 Å². The van der Waals surface area contributed by atoms with Crippen molar-refractivity contribution in [3.05, 3.63) is 0 Å². The molecule has 0 aromatic rings. The number of carbonyl (C=O) groups excluding carboxylic acids is 1. The molecule has 2 rings (SSSR count). The molecule has 2 aliphatic rings. The Bertz CT molecular complexity index is 207. The summed E-state index contributed by atoms with van der Waals surface area (Å²) in [7, 11) is 1.93. The molecule has 2 fully saturated rings. The lowest BCUT2D eigenvalue weighted by Gasteiger charge is -2.18.